The van der Waals surface area contributed by atoms with Crippen molar-refractivity contribution in [2.45, 2.75) is 35.5 Å². The zero-order valence-electron chi connectivity index (χ0n) is 19.6. The molecule has 192 valence electrons. The lowest BCUT2D eigenvalue weighted by Gasteiger charge is -2.25. The molecule has 0 aliphatic rings. The number of alkyl halides is 3. The number of nitrogens with two attached hydrogens (primary N) is 1. The van der Waals surface area contributed by atoms with Gasteiger partial charge in [0.1, 0.15) is 12.2 Å². The maximum atomic E-state index is 12.8. The second-order valence-corrected chi connectivity index (χ2v) is 9.20. The van der Waals surface area contributed by atoms with Crippen molar-refractivity contribution in [2.75, 3.05) is 20.3 Å². The summed E-state index contributed by atoms with van der Waals surface area (Å²) in [6, 6.07) is 9.45. The van der Waals surface area contributed by atoms with Crippen LogP contribution in [0.2, 0.25) is 0 Å². The van der Waals surface area contributed by atoms with Gasteiger partial charge in [0.25, 0.3) is 5.56 Å². The van der Waals surface area contributed by atoms with Crippen LogP contribution in [-0.4, -0.2) is 41.8 Å². The van der Waals surface area contributed by atoms with E-state index in [-0.39, 0.29) is 18.2 Å². The van der Waals surface area contributed by atoms with E-state index in [4.69, 9.17) is 19.9 Å². The van der Waals surface area contributed by atoms with Crippen molar-refractivity contribution in [3.05, 3.63) is 64.6 Å². The van der Waals surface area contributed by atoms with Crippen LogP contribution >= 0.6 is 11.8 Å². The number of rotatable bonds is 9. The van der Waals surface area contributed by atoms with E-state index in [1.165, 1.54) is 25.4 Å². The van der Waals surface area contributed by atoms with Gasteiger partial charge >= 0.3 is 12.1 Å². The minimum Gasteiger partial charge on any atom is -0.493 e. The van der Waals surface area contributed by atoms with Crippen molar-refractivity contribution in [3.63, 3.8) is 0 Å². The zero-order chi connectivity index (χ0) is 26.5. The molecule has 1 heterocycles. The first-order valence-corrected chi connectivity index (χ1v) is 11.4. The Labute approximate surface area is 209 Å². The van der Waals surface area contributed by atoms with Crippen molar-refractivity contribution in [3.8, 4) is 22.8 Å². The van der Waals surface area contributed by atoms with Gasteiger partial charge in [-0.3, -0.25) is 9.59 Å². The second kappa shape index (κ2) is 11.0. The molecule has 0 unspecified atom stereocenters. The van der Waals surface area contributed by atoms with Crippen LogP contribution in [0.3, 0.4) is 0 Å². The Morgan fingerprint density at radius 1 is 1.11 bits per heavy atom. The number of halogens is 3. The summed E-state index contributed by atoms with van der Waals surface area (Å²) >= 11 is 0.944. The Morgan fingerprint density at radius 2 is 1.81 bits per heavy atom. The van der Waals surface area contributed by atoms with Crippen LogP contribution in [-0.2, 0) is 15.7 Å². The topological polar surface area (TPSA) is 117 Å². The average molecular weight is 524 g/mol. The molecule has 3 rings (SSSR count). The zero-order valence-corrected chi connectivity index (χ0v) is 20.5. The van der Waals surface area contributed by atoms with Gasteiger partial charge in [-0.15, -0.1) is 0 Å². The first-order chi connectivity index (χ1) is 16.9. The third-order valence-corrected chi connectivity index (χ3v) is 5.72. The Hall–Kier alpha value is -3.51. The number of nitrogens with zero attached hydrogens (tertiary/aromatic N) is 1. The van der Waals surface area contributed by atoms with Crippen LogP contribution < -0.4 is 20.8 Å². The fourth-order valence-corrected chi connectivity index (χ4v) is 3.80. The minimum atomic E-state index is -4.45. The van der Waals surface area contributed by atoms with Crippen LogP contribution in [0.15, 0.2) is 63.4 Å². The number of carbonyl (C=O) groups is 1. The van der Waals surface area contributed by atoms with Gasteiger partial charge in [0.05, 0.1) is 24.9 Å². The van der Waals surface area contributed by atoms with E-state index in [0.717, 1.165) is 23.9 Å². The number of ether oxygens (including phenoxy) is 3. The van der Waals surface area contributed by atoms with Gasteiger partial charge in [-0.25, -0.2) is 4.98 Å². The molecule has 2 aromatic carbocycles. The monoisotopic (exact) mass is 523 g/mol. The van der Waals surface area contributed by atoms with Gasteiger partial charge in [0.15, 0.2) is 16.5 Å². The summed E-state index contributed by atoms with van der Waals surface area (Å²) in [5.74, 6) is 0.209. The molecule has 3 aromatic rings. The van der Waals surface area contributed by atoms with Crippen LogP contribution in [0.25, 0.3) is 11.3 Å². The molecule has 0 saturated heterocycles. The van der Waals surface area contributed by atoms with Gasteiger partial charge in [-0.05, 0) is 56.3 Å². The molecule has 0 aliphatic heterocycles. The highest BCUT2D eigenvalue weighted by Crippen LogP contribution is 2.34. The van der Waals surface area contributed by atoms with E-state index < -0.39 is 28.9 Å². The van der Waals surface area contributed by atoms with Crippen LogP contribution in [0.1, 0.15) is 19.4 Å². The largest absolute Gasteiger partial charge is 0.493 e. The van der Waals surface area contributed by atoms with Crippen LogP contribution in [0.5, 0.6) is 11.5 Å². The van der Waals surface area contributed by atoms with Crippen molar-refractivity contribution in [1.29, 1.82) is 0 Å². The van der Waals surface area contributed by atoms with Gasteiger partial charge in [-0.1, -0.05) is 11.8 Å². The van der Waals surface area contributed by atoms with Crippen molar-refractivity contribution < 1.29 is 32.2 Å². The molecule has 0 fully saturated rings. The highest BCUT2D eigenvalue weighted by molar-refractivity contribution is 7.99. The summed E-state index contributed by atoms with van der Waals surface area (Å²) in [6.07, 6.45) is -3.03. The Bertz CT molecular complexity index is 1280. The van der Waals surface area contributed by atoms with E-state index in [2.05, 4.69) is 9.97 Å². The summed E-state index contributed by atoms with van der Waals surface area (Å²) in [6.45, 7) is 3.16. The summed E-state index contributed by atoms with van der Waals surface area (Å²) in [5.41, 5.74) is 4.10. The fourth-order valence-electron chi connectivity index (χ4n) is 3.01. The normalized spacial score (nSPS) is 11.8. The summed E-state index contributed by atoms with van der Waals surface area (Å²) < 4.78 is 54.8. The molecule has 12 heteroatoms. The van der Waals surface area contributed by atoms with Crippen molar-refractivity contribution in [1.82, 2.24) is 9.97 Å². The second-order valence-electron chi connectivity index (χ2n) is 8.14. The van der Waals surface area contributed by atoms with E-state index in [1.807, 2.05) is 0 Å². The summed E-state index contributed by atoms with van der Waals surface area (Å²) in [7, 11) is 1.46. The Kier molecular flexibility index (Phi) is 8.31. The fraction of sp³-hybridized carbons (Fsp3) is 0.292. The van der Waals surface area contributed by atoms with Crippen LogP contribution in [0.4, 0.5) is 13.2 Å². The van der Waals surface area contributed by atoms with E-state index in [0.29, 0.717) is 27.7 Å². The number of esters is 1. The van der Waals surface area contributed by atoms with Crippen molar-refractivity contribution >= 4 is 17.7 Å². The lowest BCUT2D eigenvalue weighted by Crippen LogP contribution is -2.37. The van der Waals surface area contributed by atoms with E-state index in [1.54, 1.807) is 32.0 Å². The number of H-pyrrole nitrogens is 1. The maximum absolute atomic E-state index is 12.8. The molecule has 0 radical (unpaired) electrons. The SMILES string of the molecule is COc1cc(-c2c[nH]c(=O)c(Sc3ccc(C(F)(F)F)cc3)n2)ccc1OCC(C)(C)OC(=O)CN. The number of methoxy groups -OCH3 is 1. The minimum absolute atomic E-state index is 0.0409. The summed E-state index contributed by atoms with van der Waals surface area (Å²) in [4.78, 5) is 31.2. The molecular weight excluding hydrogens is 499 g/mol. The molecule has 0 aliphatic carbocycles. The van der Waals surface area contributed by atoms with Gasteiger partial charge in [-0.2, -0.15) is 13.2 Å². The predicted octanol–water partition coefficient (Wildman–Crippen LogP) is 4.27. The van der Waals surface area contributed by atoms with Crippen molar-refractivity contribution in [2.24, 2.45) is 5.73 Å². The van der Waals surface area contributed by atoms with Gasteiger partial charge in [0, 0.05) is 16.7 Å². The standard InChI is InChI=1S/C24H24F3N3O5S/c1-23(2,35-20(31)11-28)13-34-18-9-4-14(10-19(18)33-3)17-12-29-21(32)22(30-17)36-16-7-5-15(6-8-16)24(25,26)27/h4-10,12H,11,13,28H2,1-3H3,(H,29,32). The molecule has 0 amide bonds. The first kappa shape index (κ1) is 27.1. The highest BCUT2D eigenvalue weighted by Gasteiger charge is 2.30. The number of hydrogen-bond acceptors (Lipinski definition) is 8. The van der Waals surface area contributed by atoms with E-state index >= 15 is 0 Å². The van der Waals surface area contributed by atoms with Gasteiger partial charge in [0.2, 0.25) is 0 Å². The first-order valence-electron chi connectivity index (χ1n) is 10.6. The molecule has 3 N–H and O–H groups in total. The highest BCUT2D eigenvalue weighted by atomic mass is 32.2. The molecule has 0 spiro atoms. The number of hydrogen-bond donors (Lipinski definition) is 2. The molecular formula is C24H24F3N3O5S. The number of benzene rings is 2. The predicted molar refractivity (Wildman–Crippen MR) is 127 cm³/mol. The number of carbonyl (C=O) groups excluding carboxylic acids is 1. The molecule has 1 aromatic heterocycles. The number of nitrogens with one attached hydrogen (secondary N) is 1. The lowest BCUT2D eigenvalue weighted by atomic mass is 10.1. The van der Waals surface area contributed by atoms with E-state index in [9.17, 15) is 22.8 Å². The molecule has 8 nitrogen and oxygen atoms in total. The number of aromatic amines is 1. The molecule has 36 heavy (non-hydrogen) atoms. The Balaban J connectivity index is 1.80. The lowest BCUT2D eigenvalue weighted by molar-refractivity contribution is -0.157. The quantitative estimate of drug-likeness (QED) is 0.400. The maximum Gasteiger partial charge on any atom is 0.416 e. The smallest absolute Gasteiger partial charge is 0.416 e. The average Bonchev–Trinajstić information content (AvgIpc) is 2.83. The summed E-state index contributed by atoms with van der Waals surface area (Å²) in [5, 5.41) is 0.0648. The molecule has 0 bridgehead atoms. The third-order valence-electron chi connectivity index (χ3n) is 4.74. The van der Waals surface area contributed by atoms with Crippen LogP contribution in [0, 0.1) is 0 Å². The number of aromatic nitrogens is 2. The molecule has 0 atom stereocenters. The van der Waals surface area contributed by atoms with Gasteiger partial charge < -0.3 is 24.9 Å². The Morgan fingerprint density at radius 3 is 2.42 bits per heavy atom. The third kappa shape index (κ3) is 7.01. The molecule has 0 saturated carbocycles.